The first-order chi connectivity index (χ1) is 8.20. The molecule has 0 saturated carbocycles. The van der Waals surface area contributed by atoms with E-state index in [1.54, 1.807) is 0 Å². The van der Waals surface area contributed by atoms with Crippen LogP contribution in [0.2, 0.25) is 0 Å². The van der Waals surface area contributed by atoms with Gasteiger partial charge in [-0.15, -0.1) is 0 Å². The molecule has 1 aliphatic rings. The van der Waals surface area contributed by atoms with Crippen molar-refractivity contribution in [1.82, 2.24) is 5.32 Å². The highest BCUT2D eigenvalue weighted by Gasteiger charge is 2.16. The lowest BCUT2D eigenvalue weighted by atomic mass is 9.99. The highest BCUT2D eigenvalue weighted by atomic mass is 79.9. The summed E-state index contributed by atoms with van der Waals surface area (Å²) in [6.07, 6.45) is 2.63. The number of nitrogens with one attached hydrogen (secondary N) is 1. The zero-order valence-corrected chi connectivity index (χ0v) is 12.3. The van der Waals surface area contributed by atoms with E-state index in [1.807, 2.05) is 7.05 Å². The van der Waals surface area contributed by atoms with Crippen molar-refractivity contribution in [3.8, 4) is 0 Å². The van der Waals surface area contributed by atoms with Crippen LogP contribution in [0, 0.1) is 5.92 Å². The average Bonchev–Trinajstić information content (AvgIpc) is 2.33. The van der Waals surface area contributed by atoms with Crippen molar-refractivity contribution in [2.24, 2.45) is 5.92 Å². The van der Waals surface area contributed by atoms with Crippen LogP contribution in [0.1, 0.15) is 25.3 Å². The first kappa shape index (κ1) is 12.9. The largest absolute Gasteiger partial charge is 0.371 e. The molecule has 0 bridgehead atoms. The number of piperidine rings is 1. The summed E-state index contributed by atoms with van der Waals surface area (Å²) >= 11 is 3.66. The number of halogens is 1. The highest BCUT2D eigenvalue weighted by Crippen LogP contribution is 2.27. The fourth-order valence-corrected chi connectivity index (χ4v) is 2.84. The van der Waals surface area contributed by atoms with Gasteiger partial charge in [-0.3, -0.25) is 0 Å². The van der Waals surface area contributed by atoms with E-state index in [0.29, 0.717) is 0 Å². The molecule has 1 heterocycles. The average molecular weight is 297 g/mol. The molecule has 0 atom stereocenters. The zero-order valence-electron chi connectivity index (χ0n) is 10.7. The lowest BCUT2D eigenvalue weighted by Gasteiger charge is -2.32. The fourth-order valence-electron chi connectivity index (χ4n) is 2.33. The van der Waals surface area contributed by atoms with Crippen LogP contribution < -0.4 is 10.2 Å². The van der Waals surface area contributed by atoms with E-state index in [1.165, 1.54) is 41.7 Å². The number of nitrogens with zero attached hydrogens (tertiary/aromatic N) is 1. The molecule has 1 N–H and O–H groups in total. The molecule has 1 fully saturated rings. The molecule has 1 saturated heterocycles. The summed E-state index contributed by atoms with van der Waals surface area (Å²) in [6.45, 7) is 5.65. The smallest absolute Gasteiger partial charge is 0.0377 e. The standard InChI is InChI=1S/C14H21BrN2/c1-11-5-7-17(8-6-11)13-4-3-12(10-16-2)14(15)9-13/h3-4,9,11,16H,5-8,10H2,1-2H3. The molecule has 0 amide bonds. The monoisotopic (exact) mass is 296 g/mol. The second-order valence-corrected chi connectivity index (χ2v) is 5.83. The van der Waals surface area contributed by atoms with Crippen LogP contribution in [-0.2, 0) is 6.54 Å². The van der Waals surface area contributed by atoms with Crippen molar-refractivity contribution >= 4 is 21.6 Å². The molecule has 0 unspecified atom stereocenters. The van der Waals surface area contributed by atoms with E-state index < -0.39 is 0 Å². The van der Waals surface area contributed by atoms with Gasteiger partial charge in [0.1, 0.15) is 0 Å². The topological polar surface area (TPSA) is 15.3 Å². The third-order valence-electron chi connectivity index (χ3n) is 3.55. The van der Waals surface area contributed by atoms with E-state index >= 15 is 0 Å². The fraction of sp³-hybridized carbons (Fsp3) is 0.571. The SMILES string of the molecule is CNCc1ccc(N2CCC(C)CC2)cc1Br. The summed E-state index contributed by atoms with van der Waals surface area (Å²) < 4.78 is 1.21. The minimum absolute atomic E-state index is 0.887. The Labute approximate surface area is 113 Å². The van der Waals surface area contributed by atoms with Gasteiger partial charge in [-0.1, -0.05) is 28.9 Å². The van der Waals surface area contributed by atoms with Gasteiger partial charge < -0.3 is 10.2 Å². The summed E-state index contributed by atoms with van der Waals surface area (Å²) in [5.74, 6) is 0.887. The van der Waals surface area contributed by atoms with Gasteiger partial charge in [0.15, 0.2) is 0 Å². The minimum Gasteiger partial charge on any atom is -0.371 e. The Kier molecular flexibility index (Phi) is 4.46. The van der Waals surface area contributed by atoms with Gasteiger partial charge >= 0.3 is 0 Å². The number of rotatable bonds is 3. The third kappa shape index (κ3) is 3.23. The minimum atomic E-state index is 0.887. The van der Waals surface area contributed by atoms with Crippen LogP contribution in [0.5, 0.6) is 0 Å². The molecule has 1 aromatic carbocycles. The second-order valence-electron chi connectivity index (χ2n) is 4.98. The Morgan fingerprint density at radius 2 is 2.06 bits per heavy atom. The Morgan fingerprint density at radius 1 is 1.35 bits per heavy atom. The highest BCUT2D eigenvalue weighted by molar-refractivity contribution is 9.10. The summed E-state index contributed by atoms with van der Waals surface area (Å²) in [6, 6.07) is 6.71. The molecule has 2 nitrogen and oxygen atoms in total. The maximum atomic E-state index is 3.66. The quantitative estimate of drug-likeness (QED) is 0.920. The van der Waals surface area contributed by atoms with Crippen molar-refractivity contribution in [1.29, 1.82) is 0 Å². The number of hydrogen-bond acceptors (Lipinski definition) is 2. The normalized spacial score (nSPS) is 17.5. The molecular formula is C14H21BrN2. The summed E-state index contributed by atoms with van der Waals surface area (Å²) in [5, 5.41) is 3.19. The third-order valence-corrected chi connectivity index (χ3v) is 4.29. The Hall–Kier alpha value is -0.540. The maximum Gasteiger partial charge on any atom is 0.0377 e. The van der Waals surface area contributed by atoms with Gasteiger partial charge in [-0.25, -0.2) is 0 Å². The van der Waals surface area contributed by atoms with Gasteiger partial charge in [0.05, 0.1) is 0 Å². The Bertz CT molecular complexity index is 370. The number of benzene rings is 1. The molecule has 0 radical (unpaired) electrons. The van der Waals surface area contributed by atoms with Gasteiger partial charge in [-0.05, 0) is 43.5 Å². The Balaban J connectivity index is 2.09. The van der Waals surface area contributed by atoms with Crippen LogP contribution in [-0.4, -0.2) is 20.1 Å². The lowest BCUT2D eigenvalue weighted by molar-refractivity contribution is 0.438. The lowest BCUT2D eigenvalue weighted by Crippen LogP contribution is -2.32. The van der Waals surface area contributed by atoms with E-state index in [0.717, 1.165) is 12.5 Å². The van der Waals surface area contributed by atoms with Crippen molar-refractivity contribution in [3.05, 3.63) is 28.2 Å². The summed E-state index contributed by atoms with van der Waals surface area (Å²) in [7, 11) is 1.98. The first-order valence-corrected chi connectivity index (χ1v) is 7.18. The first-order valence-electron chi connectivity index (χ1n) is 6.38. The van der Waals surface area contributed by atoms with Crippen LogP contribution in [0.15, 0.2) is 22.7 Å². The molecule has 1 aliphatic heterocycles. The van der Waals surface area contributed by atoms with E-state index in [9.17, 15) is 0 Å². The molecule has 2 rings (SSSR count). The van der Waals surface area contributed by atoms with Crippen LogP contribution in [0.4, 0.5) is 5.69 Å². The molecule has 3 heteroatoms. The van der Waals surface area contributed by atoms with Crippen molar-refractivity contribution in [3.63, 3.8) is 0 Å². The van der Waals surface area contributed by atoms with Gasteiger partial charge in [0.25, 0.3) is 0 Å². The van der Waals surface area contributed by atoms with E-state index in [2.05, 4.69) is 51.3 Å². The second kappa shape index (κ2) is 5.87. The number of hydrogen-bond donors (Lipinski definition) is 1. The molecule has 17 heavy (non-hydrogen) atoms. The predicted molar refractivity (Wildman–Crippen MR) is 77.5 cm³/mol. The van der Waals surface area contributed by atoms with Crippen molar-refractivity contribution < 1.29 is 0 Å². The maximum absolute atomic E-state index is 3.66. The van der Waals surface area contributed by atoms with Gasteiger partial charge in [0, 0.05) is 29.8 Å². The van der Waals surface area contributed by atoms with Crippen LogP contribution >= 0.6 is 15.9 Å². The predicted octanol–water partition coefficient (Wildman–Crippen LogP) is 3.40. The zero-order chi connectivity index (χ0) is 12.3. The van der Waals surface area contributed by atoms with Crippen molar-refractivity contribution in [2.45, 2.75) is 26.3 Å². The number of anilines is 1. The molecule has 1 aromatic rings. The van der Waals surface area contributed by atoms with E-state index in [4.69, 9.17) is 0 Å². The van der Waals surface area contributed by atoms with Crippen LogP contribution in [0.3, 0.4) is 0 Å². The summed E-state index contributed by atoms with van der Waals surface area (Å²) in [5.41, 5.74) is 2.67. The Morgan fingerprint density at radius 3 is 2.65 bits per heavy atom. The van der Waals surface area contributed by atoms with Gasteiger partial charge in [0.2, 0.25) is 0 Å². The van der Waals surface area contributed by atoms with Gasteiger partial charge in [-0.2, -0.15) is 0 Å². The molecule has 0 spiro atoms. The van der Waals surface area contributed by atoms with Crippen molar-refractivity contribution in [2.75, 3.05) is 25.0 Å². The molecule has 94 valence electrons. The molecular weight excluding hydrogens is 276 g/mol. The summed E-state index contributed by atoms with van der Waals surface area (Å²) in [4.78, 5) is 2.49. The molecule has 0 aromatic heterocycles. The molecule has 0 aliphatic carbocycles. The van der Waals surface area contributed by atoms with E-state index in [-0.39, 0.29) is 0 Å². The van der Waals surface area contributed by atoms with Crippen LogP contribution in [0.25, 0.3) is 0 Å².